The van der Waals surface area contributed by atoms with Crippen LogP contribution < -0.4 is 14.4 Å². The largest absolute Gasteiger partial charge is 0.495 e. The molecule has 0 radical (unpaired) electrons. The zero-order valence-corrected chi connectivity index (χ0v) is 16.0. The van der Waals surface area contributed by atoms with Crippen LogP contribution in [0.1, 0.15) is 12.0 Å². The predicted octanol–water partition coefficient (Wildman–Crippen LogP) is 2.22. The molecule has 2 aromatic rings. The van der Waals surface area contributed by atoms with Crippen molar-refractivity contribution in [3.05, 3.63) is 53.3 Å². The standard InChI is InChI=1S/C17H20ClN3O4S/c1-25-16-4-3-14(11-15(16)18)21(26(2,23)24)10-7-17(22)20-12-13-5-8-19-9-6-13/h3-6,8-9,11H,7,10,12H2,1-2H3,(H,20,22). The minimum atomic E-state index is -3.57. The number of ether oxygens (including phenoxy) is 1. The van der Waals surface area contributed by atoms with Crippen molar-refractivity contribution in [2.45, 2.75) is 13.0 Å². The average molecular weight is 398 g/mol. The molecule has 1 aromatic heterocycles. The average Bonchev–Trinajstić information content (AvgIpc) is 2.60. The van der Waals surface area contributed by atoms with Crippen LogP contribution in [0.25, 0.3) is 0 Å². The van der Waals surface area contributed by atoms with Crippen LogP contribution in [-0.4, -0.2) is 39.2 Å². The molecule has 1 aromatic carbocycles. The second-order valence-corrected chi connectivity index (χ2v) is 7.85. The molecule has 26 heavy (non-hydrogen) atoms. The van der Waals surface area contributed by atoms with Crippen molar-refractivity contribution in [3.63, 3.8) is 0 Å². The third kappa shape index (κ3) is 5.60. The lowest BCUT2D eigenvalue weighted by molar-refractivity contribution is -0.121. The number of pyridine rings is 1. The van der Waals surface area contributed by atoms with Gasteiger partial charge in [-0.25, -0.2) is 8.42 Å². The summed E-state index contributed by atoms with van der Waals surface area (Å²) in [5, 5.41) is 3.04. The highest BCUT2D eigenvalue weighted by atomic mass is 35.5. The van der Waals surface area contributed by atoms with E-state index in [0.717, 1.165) is 16.1 Å². The Morgan fingerprint density at radius 1 is 1.27 bits per heavy atom. The van der Waals surface area contributed by atoms with Crippen LogP contribution in [0.5, 0.6) is 5.75 Å². The summed E-state index contributed by atoms with van der Waals surface area (Å²) in [6.07, 6.45) is 4.38. The number of hydrogen-bond donors (Lipinski definition) is 1. The van der Waals surface area contributed by atoms with Gasteiger partial charge in [-0.3, -0.25) is 14.1 Å². The van der Waals surface area contributed by atoms with Crippen molar-refractivity contribution in [1.29, 1.82) is 0 Å². The van der Waals surface area contributed by atoms with E-state index >= 15 is 0 Å². The maximum absolute atomic E-state index is 12.1. The molecule has 0 fully saturated rings. The van der Waals surface area contributed by atoms with Crippen molar-refractivity contribution >= 4 is 33.2 Å². The van der Waals surface area contributed by atoms with Crippen LogP contribution in [0.4, 0.5) is 5.69 Å². The number of nitrogens with one attached hydrogen (secondary N) is 1. The molecule has 0 bridgehead atoms. The molecular formula is C17H20ClN3O4S. The normalized spacial score (nSPS) is 11.0. The second-order valence-electron chi connectivity index (χ2n) is 5.54. The van der Waals surface area contributed by atoms with Gasteiger partial charge in [-0.2, -0.15) is 0 Å². The van der Waals surface area contributed by atoms with Crippen LogP contribution in [0, 0.1) is 0 Å². The van der Waals surface area contributed by atoms with Gasteiger partial charge in [0.25, 0.3) is 0 Å². The summed E-state index contributed by atoms with van der Waals surface area (Å²) in [5.41, 5.74) is 1.29. The third-order valence-electron chi connectivity index (χ3n) is 3.60. The first-order valence-corrected chi connectivity index (χ1v) is 10.0. The van der Waals surface area contributed by atoms with Gasteiger partial charge in [0.15, 0.2) is 0 Å². The van der Waals surface area contributed by atoms with E-state index in [1.165, 1.54) is 13.2 Å². The Morgan fingerprint density at radius 2 is 1.96 bits per heavy atom. The number of benzene rings is 1. The van der Waals surface area contributed by atoms with Crippen LogP contribution in [-0.2, 0) is 21.4 Å². The molecule has 0 saturated heterocycles. The molecule has 0 atom stereocenters. The molecular weight excluding hydrogens is 378 g/mol. The number of amides is 1. The number of aromatic nitrogens is 1. The van der Waals surface area contributed by atoms with Crippen LogP contribution >= 0.6 is 11.6 Å². The molecule has 1 N–H and O–H groups in total. The number of carbonyl (C=O) groups is 1. The maximum atomic E-state index is 12.1. The van der Waals surface area contributed by atoms with E-state index in [4.69, 9.17) is 16.3 Å². The van der Waals surface area contributed by atoms with Crippen molar-refractivity contribution < 1.29 is 17.9 Å². The number of methoxy groups -OCH3 is 1. The molecule has 0 saturated carbocycles. The number of anilines is 1. The highest BCUT2D eigenvalue weighted by molar-refractivity contribution is 7.92. The summed E-state index contributed by atoms with van der Waals surface area (Å²) in [6.45, 7) is 0.359. The van der Waals surface area contributed by atoms with Crippen molar-refractivity contribution in [3.8, 4) is 5.75 Å². The predicted molar refractivity (Wildman–Crippen MR) is 101 cm³/mol. The van der Waals surface area contributed by atoms with Crippen molar-refractivity contribution in [1.82, 2.24) is 10.3 Å². The first kappa shape index (κ1) is 20.0. The SMILES string of the molecule is COc1ccc(N(CCC(=O)NCc2ccncc2)S(C)(=O)=O)cc1Cl. The van der Waals surface area contributed by atoms with Crippen LogP contribution in [0.2, 0.25) is 5.02 Å². The van der Waals surface area contributed by atoms with E-state index in [-0.39, 0.29) is 18.9 Å². The van der Waals surface area contributed by atoms with E-state index in [1.54, 1.807) is 36.7 Å². The fourth-order valence-electron chi connectivity index (χ4n) is 2.29. The number of carbonyl (C=O) groups excluding carboxylic acids is 1. The maximum Gasteiger partial charge on any atom is 0.232 e. The molecule has 0 unspecified atom stereocenters. The molecule has 1 heterocycles. The Morgan fingerprint density at radius 3 is 2.54 bits per heavy atom. The minimum Gasteiger partial charge on any atom is -0.495 e. The van der Waals surface area contributed by atoms with Gasteiger partial charge in [0.1, 0.15) is 5.75 Å². The lowest BCUT2D eigenvalue weighted by Crippen LogP contribution is -2.34. The first-order chi connectivity index (χ1) is 12.3. The van der Waals surface area contributed by atoms with Gasteiger partial charge < -0.3 is 10.1 Å². The Kier molecular flexibility index (Phi) is 6.82. The fourth-order valence-corrected chi connectivity index (χ4v) is 3.46. The lowest BCUT2D eigenvalue weighted by atomic mass is 10.2. The van der Waals surface area contributed by atoms with Crippen molar-refractivity contribution in [2.75, 3.05) is 24.2 Å². The highest BCUT2D eigenvalue weighted by Gasteiger charge is 2.19. The molecule has 0 aliphatic rings. The Hall–Kier alpha value is -2.32. The van der Waals surface area contributed by atoms with E-state index in [2.05, 4.69) is 10.3 Å². The van der Waals surface area contributed by atoms with Gasteiger partial charge in [0.2, 0.25) is 15.9 Å². The number of sulfonamides is 1. The highest BCUT2D eigenvalue weighted by Crippen LogP contribution is 2.30. The summed E-state index contributed by atoms with van der Waals surface area (Å²) < 4.78 is 30.4. The van der Waals surface area contributed by atoms with Gasteiger partial charge in [0, 0.05) is 31.9 Å². The number of rotatable bonds is 8. The Bertz CT molecular complexity index is 860. The molecule has 140 valence electrons. The second kappa shape index (κ2) is 8.86. The summed E-state index contributed by atoms with van der Waals surface area (Å²) in [4.78, 5) is 16.0. The molecule has 0 aliphatic carbocycles. The zero-order chi connectivity index (χ0) is 19.2. The minimum absolute atomic E-state index is 0.00364. The molecule has 1 amide bonds. The topological polar surface area (TPSA) is 88.6 Å². The van der Waals surface area contributed by atoms with E-state index in [0.29, 0.717) is 23.0 Å². The monoisotopic (exact) mass is 397 g/mol. The number of hydrogen-bond acceptors (Lipinski definition) is 5. The van der Waals surface area contributed by atoms with E-state index < -0.39 is 10.0 Å². The van der Waals surface area contributed by atoms with Gasteiger partial charge in [-0.1, -0.05) is 11.6 Å². The van der Waals surface area contributed by atoms with Gasteiger partial charge in [-0.15, -0.1) is 0 Å². The number of nitrogens with zero attached hydrogens (tertiary/aromatic N) is 2. The van der Waals surface area contributed by atoms with E-state index in [1.807, 2.05) is 0 Å². The fraction of sp³-hybridized carbons (Fsp3) is 0.294. The summed E-state index contributed by atoms with van der Waals surface area (Å²) in [5.74, 6) is 0.189. The zero-order valence-electron chi connectivity index (χ0n) is 14.5. The first-order valence-electron chi connectivity index (χ1n) is 7.78. The summed E-state index contributed by atoms with van der Waals surface area (Å²) in [6, 6.07) is 8.25. The molecule has 7 nitrogen and oxygen atoms in total. The summed E-state index contributed by atoms with van der Waals surface area (Å²) >= 11 is 6.07. The van der Waals surface area contributed by atoms with Crippen molar-refractivity contribution in [2.24, 2.45) is 0 Å². The van der Waals surface area contributed by atoms with Crippen LogP contribution in [0.3, 0.4) is 0 Å². The lowest BCUT2D eigenvalue weighted by Gasteiger charge is -2.22. The molecule has 0 spiro atoms. The smallest absolute Gasteiger partial charge is 0.232 e. The van der Waals surface area contributed by atoms with Gasteiger partial charge in [0.05, 0.1) is 24.1 Å². The third-order valence-corrected chi connectivity index (χ3v) is 5.09. The Labute approximate surface area is 158 Å². The van der Waals surface area contributed by atoms with Gasteiger partial charge >= 0.3 is 0 Å². The molecule has 9 heteroatoms. The molecule has 0 aliphatic heterocycles. The van der Waals surface area contributed by atoms with Gasteiger partial charge in [-0.05, 0) is 35.9 Å². The van der Waals surface area contributed by atoms with E-state index in [9.17, 15) is 13.2 Å². The van der Waals surface area contributed by atoms with Crippen LogP contribution in [0.15, 0.2) is 42.7 Å². The summed E-state index contributed by atoms with van der Waals surface area (Å²) in [7, 11) is -2.10. The molecule has 2 rings (SSSR count). The quantitative estimate of drug-likeness (QED) is 0.737. The number of halogens is 1. The Balaban J connectivity index is 2.02.